The lowest BCUT2D eigenvalue weighted by atomic mass is 9.78. The predicted octanol–water partition coefficient (Wildman–Crippen LogP) is 9.38. The van der Waals surface area contributed by atoms with Gasteiger partial charge in [0.05, 0.1) is 5.41 Å². The maximum Gasteiger partial charge on any atom is 0.309 e. The van der Waals surface area contributed by atoms with Gasteiger partial charge in [0.1, 0.15) is 6.42 Å². The molecule has 4 aromatic rings. The number of aliphatic carboxylic acids is 2. The number of benzene rings is 4. The number of carboxylic acid groups (broad SMARTS) is 2. The standard InChI is InChI=1S/C42H41NO4/c1-41(2)34(32(23-25-37(44)45)33-22-20-28-14-10-12-16-30(28)39(33)41)18-8-6-5-7-9-19-36-42(3,4)40-31-17-13-11-15-29(31)21-24-35(40)43(36)27-26-38(46)47/h5-22,24,32H,23,25-27H2,1-4H3,(H-,44,45,46,47)/p+1/b7-5+,8-6+,19-9+,34-18-. The molecule has 0 saturated carbocycles. The Morgan fingerprint density at radius 2 is 1.30 bits per heavy atom. The van der Waals surface area contributed by atoms with Gasteiger partial charge >= 0.3 is 11.9 Å². The Morgan fingerprint density at radius 1 is 0.702 bits per heavy atom. The van der Waals surface area contributed by atoms with Crippen LogP contribution in [0.15, 0.2) is 121 Å². The van der Waals surface area contributed by atoms with E-state index in [0.29, 0.717) is 13.0 Å². The van der Waals surface area contributed by atoms with Gasteiger partial charge in [-0.15, -0.1) is 0 Å². The molecule has 0 fully saturated rings. The molecule has 5 nitrogen and oxygen atoms in total. The number of nitrogens with zero attached hydrogens (tertiary/aromatic N) is 1. The Hall–Kier alpha value is -5.03. The summed E-state index contributed by atoms with van der Waals surface area (Å²) in [7, 11) is 0. The number of hydrogen-bond acceptors (Lipinski definition) is 2. The Bertz CT molecular complexity index is 2050. The number of fused-ring (bicyclic) bond motifs is 6. The molecular weight excluding hydrogens is 582 g/mol. The monoisotopic (exact) mass is 624 g/mol. The summed E-state index contributed by atoms with van der Waals surface area (Å²) < 4.78 is 2.15. The van der Waals surface area contributed by atoms with E-state index in [0.717, 1.165) is 11.4 Å². The normalized spacial score (nSPS) is 19.1. The fourth-order valence-electron chi connectivity index (χ4n) is 7.91. The van der Waals surface area contributed by atoms with Crippen LogP contribution >= 0.6 is 0 Å². The molecule has 1 heterocycles. The summed E-state index contributed by atoms with van der Waals surface area (Å²) in [6, 6.07) is 25.4. The van der Waals surface area contributed by atoms with Crippen LogP contribution < -0.4 is 0 Å². The molecule has 1 atom stereocenters. The van der Waals surface area contributed by atoms with E-state index in [-0.39, 0.29) is 29.6 Å². The van der Waals surface area contributed by atoms with Crippen LogP contribution in [0.1, 0.15) is 69.6 Å². The van der Waals surface area contributed by atoms with Crippen molar-refractivity contribution in [3.63, 3.8) is 0 Å². The minimum Gasteiger partial charge on any atom is -0.481 e. The summed E-state index contributed by atoms with van der Waals surface area (Å²) in [5, 5.41) is 23.8. The van der Waals surface area contributed by atoms with Crippen molar-refractivity contribution in [2.24, 2.45) is 0 Å². The zero-order chi connectivity index (χ0) is 33.3. The lowest BCUT2D eigenvalue weighted by Gasteiger charge is -2.25. The Morgan fingerprint density at radius 3 is 1.98 bits per heavy atom. The molecule has 238 valence electrons. The lowest BCUT2D eigenvalue weighted by Crippen LogP contribution is -2.28. The molecule has 0 saturated heterocycles. The highest BCUT2D eigenvalue weighted by Crippen LogP contribution is 2.54. The van der Waals surface area contributed by atoms with Gasteiger partial charge in [-0.3, -0.25) is 9.59 Å². The molecule has 0 amide bonds. The fourth-order valence-corrected chi connectivity index (χ4v) is 7.91. The van der Waals surface area contributed by atoms with E-state index in [9.17, 15) is 19.8 Å². The van der Waals surface area contributed by atoms with E-state index in [1.165, 1.54) is 43.8 Å². The number of carbonyl (C=O) groups is 2. The van der Waals surface area contributed by atoms with Gasteiger partial charge in [-0.2, -0.15) is 4.58 Å². The summed E-state index contributed by atoms with van der Waals surface area (Å²) in [5.74, 6) is -1.54. The van der Waals surface area contributed by atoms with Crippen molar-refractivity contribution >= 4 is 44.9 Å². The van der Waals surface area contributed by atoms with Crippen molar-refractivity contribution in [3.05, 3.63) is 138 Å². The van der Waals surface area contributed by atoms with E-state index in [1.54, 1.807) is 0 Å². The second kappa shape index (κ2) is 12.6. The smallest absolute Gasteiger partial charge is 0.309 e. The van der Waals surface area contributed by atoms with Gasteiger partial charge in [-0.1, -0.05) is 117 Å². The van der Waals surface area contributed by atoms with Crippen molar-refractivity contribution < 1.29 is 24.4 Å². The Balaban J connectivity index is 1.28. The topological polar surface area (TPSA) is 77.6 Å². The highest BCUT2D eigenvalue weighted by molar-refractivity contribution is 6.07. The highest BCUT2D eigenvalue weighted by atomic mass is 16.4. The maximum absolute atomic E-state index is 11.6. The number of carboxylic acids is 2. The average Bonchev–Trinajstić information content (AvgIpc) is 3.40. The molecule has 2 N–H and O–H groups in total. The molecule has 0 aromatic heterocycles. The predicted molar refractivity (Wildman–Crippen MR) is 191 cm³/mol. The molecule has 0 spiro atoms. The van der Waals surface area contributed by atoms with Crippen LogP contribution in [0.5, 0.6) is 0 Å². The van der Waals surface area contributed by atoms with Crippen molar-refractivity contribution in [3.8, 4) is 0 Å². The summed E-state index contributed by atoms with van der Waals surface area (Å²) in [6.45, 7) is 9.31. The SMILES string of the molecule is CC1(C)C(/C=C/C=C/C=C/C=C2/C(CCC(=O)O)c3ccc4ccccc4c3C2(C)C)=[N+](CCC(=O)O)c2ccc3ccccc3c21. The van der Waals surface area contributed by atoms with Crippen LogP contribution in [-0.4, -0.2) is 39.0 Å². The first kappa shape index (κ1) is 31.9. The molecule has 6 rings (SSSR count). The van der Waals surface area contributed by atoms with Gasteiger partial charge < -0.3 is 10.2 Å². The van der Waals surface area contributed by atoms with Crippen molar-refractivity contribution in [2.75, 3.05) is 6.54 Å². The molecule has 2 aliphatic rings. The van der Waals surface area contributed by atoms with E-state index in [1.807, 2.05) is 30.4 Å². The van der Waals surface area contributed by atoms with Gasteiger partial charge in [0.15, 0.2) is 12.3 Å². The van der Waals surface area contributed by atoms with Gasteiger partial charge in [0.2, 0.25) is 5.69 Å². The highest BCUT2D eigenvalue weighted by Gasteiger charge is 2.45. The van der Waals surface area contributed by atoms with Crippen LogP contribution in [0.3, 0.4) is 0 Å². The third-order valence-electron chi connectivity index (χ3n) is 9.98. The van der Waals surface area contributed by atoms with Crippen LogP contribution in [-0.2, 0) is 20.4 Å². The quantitative estimate of drug-likeness (QED) is 0.136. The second-order valence-electron chi connectivity index (χ2n) is 13.6. The molecule has 0 radical (unpaired) electrons. The first-order chi connectivity index (χ1) is 22.5. The number of rotatable bonds is 10. The van der Waals surface area contributed by atoms with Crippen molar-refractivity contribution in [1.29, 1.82) is 0 Å². The van der Waals surface area contributed by atoms with Gasteiger partial charge in [0, 0.05) is 35.5 Å². The van der Waals surface area contributed by atoms with Crippen molar-refractivity contribution in [1.82, 2.24) is 0 Å². The number of allylic oxidation sites excluding steroid dienone is 8. The third-order valence-corrected chi connectivity index (χ3v) is 9.98. The molecule has 0 bridgehead atoms. The summed E-state index contributed by atoms with van der Waals surface area (Å²) >= 11 is 0. The Labute approximate surface area is 276 Å². The largest absolute Gasteiger partial charge is 0.481 e. The average molecular weight is 625 g/mol. The van der Waals surface area contributed by atoms with Crippen molar-refractivity contribution in [2.45, 2.75) is 63.7 Å². The van der Waals surface area contributed by atoms with E-state index in [2.05, 4.69) is 117 Å². The minimum atomic E-state index is -0.813. The van der Waals surface area contributed by atoms with Crippen LogP contribution in [0, 0.1) is 0 Å². The lowest BCUT2D eigenvalue weighted by molar-refractivity contribution is -0.436. The first-order valence-corrected chi connectivity index (χ1v) is 16.4. The maximum atomic E-state index is 11.6. The molecule has 1 aliphatic carbocycles. The van der Waals surface area contributed by atoms with Gasteiger partial charge in [0.25, 0.3) is 0 Å². The minimum absolute atomic E-state index is 0.0460. The second-order valence-corrected chi connectivity index (χ2v) is 13.6. The molecule has 47 heavy (non-hydrogen) atoms. The van der Waals surface area contributed by atoms with E-state index < -0.39 is 11.9 Å². The molecule has 1 unspecified atom stereocenters. The van der Waals surface area contributed by atoms with Gasteiger partial charge in [-0.25, -0.2) is 0 Å². The van der Waals surface area contributed by atoms with Crippen LogP contribution in [0.2, 0.25) is 0 Å². The molecular formula is C42H42NO4+. The summed E-state index contributed by atoms with van der Waals surface area (Å²) in [4.78, 5) is 23.1. The van der Waals surface area contributed by atoms with Crippen LogP contribution in [0.25, 0.3) is 21.5 Å². The van der Waals surface area contributed by atoms with E-state index in [4.69, 9.17) is 0 Å². The molecule has 4 aromatic carbocycles. The number of hydrogen-bond donors (Lipinski definition) is 2. The van der Waals surface area contributed by atoms with Crippen LogP contribution in [0.4, 0.5) is 5.69 Å². The fraction of sp³-hybridized carbons (Fsp3) is 0.262. The first-order valence-electron chi connectivity index (χ1n) is 16.4. The van der Waals surface area contributed by atoms with E-state index >= 15 is 0 Å². The molecule has 1 aliphatic heterocycles. The third kappa shape index (κ3) is 5.87. The molecule has 5 heteroatoms. The van der Waals surface area contributed by atoms with Gasteiger partial charge in [-0.05, 0) is 59.0 Å². The zero-order valence-corrected chi connectivity index (χ0v) is 27.5. The summed E-state index contributed by atoms with van der Waals surface area (Å²) in [5.41, 5.74) is 6.56. The Kier molecular flexibility index (Phi) is 8.59. The zero-order valence-electron chi connectivity index (χ0n) is 27.5. The summed E-state index contributed by atoms with van der Waals surface area (Å²) in [6.07, 6.45) is 15.1.